The van der Waals surface area contributed by atoms with Gasteiger partial charge in [-0.25, -0.2) is 0 Å². The number of benzene rings is 1. The van der Waals surface area contributed by atoms with Gasteiger partial charge in [0.25, 0.3) is 11.8 Å². The average molecular weight is 394 g/mol. The number of alkyl halides is 2. The third kappa shape index (κ3) is 4.28. The van der Waals surface area contributed by atoms with Crippen molar-refractivity contribution in [2.75, 3.05) is 31.6 Å². The van der Waals surface area contributed by atoms with Crippen molar-refractivity contribution in [3.63, 3.8) is 0 Å². The van der Waals surface area contributed by atoms with E-state index >= 15 is 0 Å². The van der Waals surface area contributed by atoms with Crippen molar-refractivity contribution in [1.82, 2.24) is 14.7 Å². The van der Waals surface area contributed by atoms with Crippen molar-refractivity contribution >= 4 is 17.5 Å². The zero-order chi connectivity index (χ0) is 20.1. The summed E-state index contributed by atoms with van der Waals surface area (Å²) >= 11 is 0. The van der Waals surface area contributed by atoms with Crippen molar-refractivity contribution in [2.24, 2.45) is 0 Å². The Hall–Kier alpha value is -3.01. The van der Waals surface area contributed by atoms with E-state index in [0.717, 1.165) is 0 Å². The molecule has 0 unspecified atom stereocenters. The molecule has 0 aliphatic carbocycles. The summed E-state index contributed by atoms with van der Waals surface area (Å²) in [4.78, 5) is 27.2. The lowest BCUT2D eigenvalue weighted by molar-refractivity contribution is -0.0501. The first kappa shape index (κ1) is 19.7. The summed E-state index contributed by atoms with van der Waals surface area (Å²) in [7, 11) is 0. The maximum atomic E-state index is 12.9. The number of carbonyl (C=O) groups is 2. The summed E-state index contributed by atoms with van der Waals surface area (Å²) < 4.78 is 36.3. The molecule has 2 heterocycles. The maximum Gasteiger partial charge on any atom is 0.387 e. The van der Waals surface area contributed by atoms with Crippen molar-refractivity contribution in [3.05, 3.63) is 41.7 Å². The van der Waals surface area contributed by atoms with E-state index in [1.165, 1.54) is 35.1 Å². The largest absolute Gasteiger partial charge is 0.434 e. The Labute approximate surface area is 160 Å². The van der Waals surface area contributed by atoms with Crippen LogP contribution >= 0.6 is 0 Å². The van der Waals surface area contributed by atoms with Crippen LogP contribution in [0, 0.1) is 0 Å². The number of hydrogen-bond acceptors (Lipinski definition) is 5. The number of hydrogen-bond donors (Lipinski definition) is 1. The highest BCUT2D eigenvalue weighted by molar-refractivity contribution is 6.09. The molecule has 0 bridgehead atoms. The normalized spacial score (nSPS) is 14.2. The molecule has 0 atom stereocenters. The summed E-state index contributed by atoms with van der Waals surface area (Å²) in [5, 5.41) is 6.73. The first-order chi connectivity index (χ1) is 13.5. The van der Waals surface area contributed by atoms with Crippen LogP contribution in [0.5, 0.6) is 5.75 Å². The SMILES string of the molecule is CCn1ncc(NC(=O)c2ccccc2OC(F)F)c1C(=O)N1CCOCC1. The van der Waals surface area contributed by atoms with Gasteiger partial charge in [-0.05, 0) is 19.1 Å². The second-order valence-corrected chi connectivity index (χ2v) is 5.96. The minimum absolute atomic E-state index is 0.0724. The summed E-state index contributed by atoms with van der Waals surface area (Å²) in [6.45, 7) is 0.929. The van der Waals surface area contributed by atoms with E-state index in [-0.39, 0.29) is 28.6 Å². The molecule has 1 fully saturated rings. The van der Waals surface area contributed by atoms with Crippen LogP contribution in [-0.4, -0.2) is 59.4 Å². The monoisotopic (exact) mass is 394 g/mol. The minimum atomic E-state index is -3.06. The van der Waals surface area contributed by atoms with E-state index in [0.29, 0.717) is 32.8 Å². The number of morpholine rings is 1. The molecule has 1 aliphatic heterocycles. The number of para-hydroxylation sites is 1. The van der Waals surface area contributed by atoms with Gasteiger partial charge >= 0.3 is 6.61 Å². The third-order valence-electron chi connectivity index (χ3n) is 4.24. The second kappa shape index (κ2) is 8.79. The van der Waals surface area contributed by atoms with Gasteiger partial charge in [0.2, 0.25) is 0 Å². The average Bonchev–Trinajstić information content (AvgIpc) is 3.10. The standard InChI is InChI=1S/C18H20F2N4O4/c1-2-24-15(17(26)23-7-9-27-10-8-23)13(11-21-24)22-16(25)12-5-3-4-6-14(12)28-18(19)20/h3-6,11,18H,2,7-10H2,1H3,(H,22,25). The Kier molecular flexibility index (Phi) is 6.19. The van der Waals surface area contributed by atoms with Gasteiger partial charge in [0.05, 0.1) is 30.7 Å². The first-order valence-electron chi connectivity index (χ1n) is 8.79. The van der Waals surface area contributed by atoms with Gasteiger partial charge < -0.3 is 19.7 Å². The topological polar surface area (TPSA) is 85.7 Å². The van der Waals surface area contributed by atoms with Gasteiger partial charge in [0.15, 0.2) is 0 Å². The van der Waals surface area contributed by atoms with Crippen LogP contribution in [0.2, 0.25) is 0 Å². The van der Waals surface area contributed by atoms with Crippen LogP contribution in [0.25, 0.3) is 0 Å². The van der Waals surface area contributed by atoms with E-state index in [1.807, 2.05) is 6.92 Å². The predicted molar refractivity (Wildman–Crippen MR) is 95.7 cm³/mol. The number of carbonyl (C=O) groups excluding carboxylic acids is 2. The van der Waals surface area contributed by atoms with Crippen molar-refractivity contribution < 1.29 is 27.8 Å². The number of halogens is 2. The highest BCUT2D eigenvalue weighted by atomic mass is 19.3. The molecule has 0 radical (unpaired) electrons. The smallest absolute Gasteiger partial charge is 0.387 e. The lowest BCUT2D eigenvalue weighted by Crippen LogP contribution is -2.41. The van der Waals surface area contributed by atoms with Crippen LogP contribution in [-0.2, 0) is 11.3 Å². The summed E-state index contributed by atoms with van der Waals surface area (Å²) in [6.07, 6.45) is 1.37. The predicted octanol–water partition coefficient (Wildman–Crippen LogP) is 2.23. The number of nitrogens with zero attached hydrogens (tertiary/aromatic N) is 3. The molecule has 8 nitrogen and oxygen atoms in total. The van der Waals surface area contributed by atoms with Crippen molar-refractivity contribution in [3.8, 4) is 5.75 Å². The van der Waals surface area contributed by atoms with Gasteiger partial charge in [-0.3, -0.25) is 14.3 Å². The fourth-order valence-corrected chi connectivity index (χ4v) is 2.90. The molecule has 150 valence electrons. The Morgan fingerprint density at radius 3 is 2.68 bits per heavy atom. The molecule has 28 heavy (non-hydrogen) atoms. The number of nitrogens with one attached hydrogen (secondary N) is 1. The van der Waals surface area contributed by atoms with E-state index in [4.69, 9.17) is 4.74 Å². The van der Waals surface area contributed by atoms with Crippen LogP contribution < -0.4 is 10.1 Å². The van der Waals surface area contributed by atoms with Crippen LogP contribution in [0.1, 0.15) is 27.8 Å². The Bertz CT molecular complexity index is 850. The highest BCUT2D eigenvalue weighted by Gasteiger charge is 2.26. The number of ether oxygens (including phenoxy) is 2. The fourth-order valence-electron chi connectivity index (χ4n) is 2.90. The van der Waals surface area contributed by atoms with Gasteiger partial charge in [-0.15, -0.1) is 0 Å². The number of rotatable bonds is 6. The third-order valence-corrected chi connectivity index (χ3v) is 4.24. The molecule has 1 saturated heterocycles. The van der Waals surface area contributed by atoms with Gasteiger partial charge in [0.1, 0.15) is 11.4 Å². The minimum Gasteiger partial charge on any atom is -0.434 e. The van der Waals surface area contributed by atoms with Crippen molar-refractivity contribution in [1.29, 1.82) is 0 Å². The number of amides is 2. The van der Waals surface area contributed by atoms with Crippen LogP contribution in [0.4, 0.5) is 14.5 Å². The van der Waals surface area contributed by atoms with E-state index < -0.39 is 12.5 Å². The van der Waals surface area contributed by atoms with Crippen molar-refractivity contribution in [2.45, 2.75) is 20.1 Å². The molecular weight excluding hydrogens is 374 g/mol. The zero-order valence-electron chi connectivity index (χ0n) is 15.2. The lowest BCUT2D eigenvalue weighted by Gasteiger charge is -2.27. The van der Waals surface area contributed by atoms with Gasteiger partial charge in [0, 0.05) is 19.6 Å². The number of anilines is 1. The second-order valence-electron chi connectivity index (χ2n) is 5.96. The fraction of sp³-hybridized carbons (Fsp3) is 0.389. The molecule has 1 aromatic heterocycles. The van der Waals surface area contributed by atoms with E-state index in [9.17, 15) is 18.4 Å². The molecule has 0 spiro atoms. The van der Waals surface area contributed by atoms with Crippen LogP contribution in [0.3, 0.4) is 0 Å². The molecule has 1 aliphatic rings. The van der Waals surface area contributed by atoms with E-state index in [1.54, 1.807) is 4.90 Å². The molecule has 2 aromatic rings. The first-order valence-corrected chi connectivity index (χ1v) is 8.79. The molecule has 2 amide bonds. The molecule has 1 aromatic carbocycles. The van der Waals surface area contributed by atoms with Gasteiger partial charge in [-0.2, -0.15) is 13.9 Å². The quantitative estimate of drug-likeness (QED) is 0.812. The molecule has 0 saturated carbocycles. The molecule has 3 rings (SSSR count). The Morgan fingerprint density at radius 1 is 1.29 bits per heavy atom. The molecule has 10 heteroatoms. The number of aromatic nitrogens is 2. The van der Waals surface area contributed by atoms with Gasteiger partial charge in [-0.1, -0.05) is 12.1 Å². The summed E-state index contributed by atoms with van der Waals surface area (Å²) in [6, 6.07) is 5.65. The molecular formula is C18H20F2N4O4. The zero-order valence-corrected chi connectivity index (χ0v) is 15.2. The maximum absolute atomic E-state index is 12.9. The summed E-state index contributed by atoms with van der Waals surface area (Å²) in [5.41, 5.74) is 0.358. The Morgan fingerprint density at radius 2 is 2.00 bits per heavy atom. The summed E-state index contributed by atoms with van der Waals surface area (Å²) in [5.74, 6) is -1.21. The van der Waals surface area contributed by atoms with E-state index in [2.05, 4.69) is 15.2 Å². The number of aryl methyl sites for hydroxylation is 1. The molecule has 1 N–H and O–H groups in total. The highest BCUT2D eigenvalue weighted by Crippen LogP contribution is 2.24. The lowest BCUT2D eigenvalue weighted by atomic mass is 10.2. The Balaban J connectivity index is 1.86. The van der Waals surface area contributed by atoms with Crippen LogP contribution in [0.15, 0.2) is 30.5 Å².